The number of rotatable bonds is 5. The third-order valence-electron chi connectivity index (χ3n) is 4.61. The van der Waals surface area contributed by atoms with Gasteiger partial charge in [-0.2, -0.15) is 18.3 Å². The van der Waals surface area contributed by atoms with Gasteiger partial charge in [-0.25, -0.2) is 4.68 Å². The second-order valence-electron chi connectivity index (χ2n) is 6.64. The number of nitrogens with zero attached hydrogens (tertiary/aromatic N) is 3. The minimum Gasteiger partial charge on any atom is -0.350 e. The normalized spacial score (nSPS) is 15.4. The Morgan fingerprint density at radius 2 is 1.86 bits per heavy atom. The van der Waals surface area contributed by atoms with Crippen molar-refractivity contribution in [2.75, 3.05) is 19.6 Å². The van der Waals surface area contributed by atoms with Gasteiger partial charge in [0.1, 0.15) is 0 Å². The van der Waals surface area contributed by atoms with E-state index in [0.717, 1.165) is 30.0 Å². The molecule has 150 valence electrons. The summed E-state index contributed by atoms with van der Waals surface area (Å²) in [5, 5.41) is 6.26. The van der Waals surface area contributed by atoms with Gasteiger partial charge >= 0.3 is 6.18 Å². The van der Waals surface area contributed by atoms with E-state index in [0.29, 0.717) is 37.3 Å². The number of hydrogen-bond donors (Lipinski definition) is 1. The third kappa shape index (κ3) is 4.90. The molecule has 9 heteroatoms. The molecule has 0 bridgehead atoms. The first-order valence-electron chi connectivity index (χ1n) is 9.14. The first-order valence-corrected chi connectivity index (χ1v) is 9.14. The molecular formula is C19H21F3N4O2. The molecule has 1 N–H and O–H groups in total. The smallest absolute Gasteiger partial charge is 0.350 e. The Morgan fingerprint density at radius 3 is 2.54 bits per heavy atom. The van der Waals surface area contributed by atoms with Crippen LogP contribution < -0.4 is 5.32 Å². The zero-order valence-electron chi connectivity index (χ0n) is 15.2. The Hall–Kier alpha value is -2.84. The summed E-state index contributed by atoms with van der Waals surface area (Å²) < 4.78 is 39.0. The lowest BCUT2D eigenvalue weighted by molar-refractivity contribution is -0.141. The summed E-state index contributed by atoms with van der Waals surface area (Å²) in [7, 11) is 0. The van der Waals surface area contributed by atoms with Crippen LogP contribution in [0.1, 0.15) is 41.7 Å². The van der Waals surface area contributed by atoms with Gasteiger partial charge in [0.2, 0.25) is 5.91 Å². The topological polar surface area (TPSA) is 67.2 Å². The van der Waals surface area contributed by atoms with Gasteiger partial charge in [0.15, 0.2) is 5.69 Å². The highest BCUT2D eigenvalue weighted by Crippen LogP contribution is 2.27. The number of benzene rings is 1. The molecule has 1 aliphatic heterocycles. The summed E-state index contributed by atoms with van der Waals surface area (Å²) in [5.41, 5.74) is -0.172. The molecule has 1 aliphatic rings. The summed E-state index contributed by atoms with van der Waals surface area (Å²) in [6, 6.07) is 7.00. The molecule has 0 unspecified atom stereocenters. The van der Waals surface area contributed by atoms with Crippen LogP contribution in [0.2, 0.25) is 0 Å². The van der Waals surface area contributed by atoms with Crippen molar-refractivity contribution in [3.63, 3.8) is 0 Å². The van der Waals surface area contributed by atoms with E-state index < -0.39 is 11.9 Å². The van der Waals surface area contributed by atoms with Crippen molar-refractivity contribution in [2.45, 2.75) is 31.9 Å². The molecule has 2 amide bonds. The predicted molar refractivity (Wildman–Crippen MR) is 95.9 cm³/mol. The van der Waals surface area contributed by atoms with E-state index in [4.69, 9.17) is 0 Å². The number of likely N-dealkylation sites (tertiary alicyclic amines) is 1. The minimum atomic E-state index is -4.50. The van der Waals surface area contributed by atoms with Gasteiger partial charge in [0.25, 0.3) is 5.91 Å². The minimum absolute atomic E-state index is 0.119. The van der Waals surface area contributed by atoms with Gasteiger partial charge in [0, 0.05) is 37.8 Å². The van der Waals surface area contributed by atoms with Gasteiger partial charge in [-0.3, -0.25) is 9.59 Å². The van der Waals surface area contributed by atoms with Crippen molar-refractivity contribution < 1.29 is 22.8 Å². The lowest BCUT2D eigenvalue weighted by Crippen LogP contribution is -2.38. The van der Waals surface area contributed by atoms with Crippen LogP contribution in [0.3, 0.4) is 0 Å². The van der Waals surface area contributed by atoms with E-state index >= 15 is 0 Å². The molecule has 28 heavy (non-hydrogen) atoms. The Kier molecular flexibility index (Phi) is 6.01. The van der Waals surface area contributed by atoms with Crippen molar-refractivity contribution in [3.8, 4) is 5.69 Å². The summed E-state index contributed by atoms with van der Waals surface area (Å²) in [5.74, 6) is -0.182. The van der Waals surface area contributed by atoms with Crippen LogP contribution in [0.15, 0.2) is 36.5 Å². The largest absolute Gasteiger partial charge is 0.435 e. The third-order valence-corrected chi connectivity index (χ3v) is 4.61. The van der Waals surface area contributed by atoms with E-state index in [2.05, 4.69) is 10.4 Å². The summed E-state index contributed by atoms with van der Waals surface area (Å²) in [6.45, 7) is 1.53. The lowest BCUT2D eigenvalue weighted by Gasteiger charge is -2.20. The van der Waals surface area contributed by atoms with Crippen LogP contribution in [0.25, 0.3) is 5.69 Å². The van der Waals surface area contributed by atoms with Gasteiger partial charge in [-0.1, -0.05) is 6.42 Å². The van der Waals surface area contributed by atoms with E-state index in [1.807, 2.05) is 0 Å². The lowest BCUT2D eigenvalue weighted by atomic mass is 10.2. The van der Waals surface area contributed by atoms with Crippen molar-refractivity contribution in [2.24, 2.45) is 0 Å². The molecule has 1 fully saturated rings. The molecular weight excluding hydrogens is 373 g/mol. The highest BCUT2D eigenvalue weighted by Gasteiger charge is 2.33. The van der Waals surface area contributed by atoms with Gasteiger partial charge in [0.05, 0.1) is 5.69 Å². The number of aromatic nitrogens is 2. The van der Waals surface area contributed by atoms with Crippen LogP contribution in [0, 0.1) is 0 Å². The molecule has 0 radical (unpaired) electrons. The molecule has 0 aliphatic carbocycles. The number of carbonyl (C=O) groups excluding carboxylic acids is 2. The average molecular weight is 394 g/mol. The maximum absolute atomic E-state index is 12.6. The Labute approximate surface area is 160 Å². The number of hydrogen-bond acceptors (Lipinski definition) is 3. The molecule has 6 nitrogen and oxygen atoms in total. The Balaban J connectivity index is 1.55. The van der Waals surface area contributed by atoms with Crippen molar-refractivity contribution in [3.05, 3.63) is 47.8 Å². The summed E-state index contributed by atoms with van der Waals surface area (Å²) >= 11 is 0. The van der Waals surface area contributed by atoms with Crippen molar-refractivity contribution >= 4 is 11.8 Å². The molecule has 0 saturated carbocycles. The highest BCUT2D eigenvalue weighted by molar-refractivity contribution is 5.94. The number of carbonyl (C=O) groups is 2. The highest BCUT2D eigenvalue weighted by atomic mass is 19.4. The maximum Gasteiger partial charge on any atom is 0.435 e. The summed E-state index contributed by atoms with van der Waals surface area (Å²) in [4.78, 5) is 25.9. The average Bonchev–Trinajstić information content (AvgIpc) is 3.08. The quantitative estimate of drug-likeness (QED) is 0.848. The fourth-order valence-electron chi connectivity index (χ4n) is 3.07. The molecule has 0 spiro atoms. The van der Waals surface area contributed by atoms with Gasteiger partial charge in [-0.15, -0.1) is 0 Å². The molecule has 0 atom stereocenters. The fraction of sp³-hybridized carbons (Fsp3) is 0.421. The van der Waals surface area contributed by atoms with Crippen molar-refractivity contribution in [1.82, 2.24) is 20.0 Å². The standard InChI is InChI=1S/C19H21F3N4O2/c20-19(21,22)16-9-12-26(24-16)15-7-5-14(6-8-15)18(28)23-10-13-25-11-3-1-2-4-17(25)27/h5-9,12H,1-4,10-11,13H2,(H,23,28). The van der Waals surface area contributed by atoms with E-state index in [1.54, 1.807) is 4.90 Å². The first-order chi connectivity index (χ1) is 13.3. The van der Waals surface area contributed by atoms with E-state index in [1.165, 1.54) is 30.5 Å². The molecule has 1 aromatic heterocycles. The zero-order chi connectivity index (χ0) is 20.1. The molecule has 1 aromatic carbocycles. The first kappa shape index (κ1) is 19.9. The number of nitrogens with one attached hydrogen (secondary N) is 1. The molecule has 3 rings (SSSR count). The molecule has 2 aromatic rings. The van der Waals surface area contributed by atoms with Crippen LogP contribution in [-0.4, -0.2) is 46.1 Å². The second kappa shape index (κ2) is 8.45. The van der Waals surface area contributed by atoms with Crippen LogP contribution in [0.4, 0.5) is 13.2 Å². The van der Waals surface area contributed by atoms with Crippen LogP contribution in [0.5, 0.6) is 0 Å². The second-order valence-corrected chi connectivity index (χ2v) is 6.64. The number of halogens is 3. The molecule has 1 saturated heterocycles. The van der Waals surface area contributed by atoms with Crippen molar-refractivity contribution in [1.29, 1.82) is 0 Å². The van der Waals surface area contributed by atoms with Gasteiger partial charge < -0.3 is 10.2 Å². The summed E-state index contributed by atoms with van der Waals surface area (Å²) in [6.07, 6.45) is 0.204. The fourth-order valence-corrected chi connectivity index (χ4v) is 3.07. The number of alkyl halides is 3. The zero-order valence-corrected chi connectivity index (χ0v) is 15.2. The monoisotopic (exact) mass is 394 g/mol. The van der Waals surface area contributed by atoms with E-state index in [-0.39, 0.29) is 11.8 Å². The van der Waals surface area contributed by atoms with Crippen LogP contribution >= 0.6 is 0 Å². The number of amides is 2. The Morgan fingerprint density at radius 1 is 1.11 bits per heavy atom. The molecule has 2 heterocycles. The SMILES string of the molecule is O=C(NCCN1CCCCCC1=O)c1ccc(-n2ccc(C(F)(F)F)n2)cc1. The predicted octanol–water partition coefficient (Wildman–Crippen LogP) is 3.02. The van der Waals surface area contributed by atoms with Gasteiger partial charge in [-0.05, 0) is 43.2 Å². The van der Waals surface area contributed by atoms with Crippen LogP contribution in [-0.2, 0) is 11.0 Å². The Bertz CT molecular complexity index is 830. The maximum atomic E-state index is 12.6. The van der Waals surface area contributed by atoms with E-state index in [9.17, 15) is 22.8 Å².